The van der Waals surface area contributed by atoms with Crippen molar-refractivity contribution in [1.29, 1.82) is 0 Å². The van der Waals surface area contributed by atoms with Gasteiger partial charge in [0.1, 0.15) is 5.69 Å². The number of fused-ring (bicyclic) bond motifs is 1. The maximum absolute atomic E-state index is 12.4. The Balaban J connectivity index is 1.77. The lowest BCUT2D eigenvalue weighted by molar-refractivity contribution is 0.0822. The minimum Gasteiger partial charge on any atom is -0.343 e. The minimum absolute atomic E-state index is 0.189. The Labute approximate surface area is 150 Å². The number of carbonyl (C=O) groups is 2. The third-order valence-corrected chi connectivity index (χ3v) is 3.83. The van der Waals surface area contributed by atoms with Crippen LogP contribution in [0.2, 0.25) is 0 Å². The van der Waals surface area contributed by atoms with Gasteiger partial charge in [-0.05, 0) is 32.0 Å². The van der Waals surface area contributed by atoms with E-state index in [9.17, 15) is 9.59 Å². The molecule has 134 valence electrons. The molecule has 0 fully saturated rings. The van der Waals surface area contributed by atoms with Gasteiger partial charge in [0.05, 0.1) is 23.6 Å². The number of anilines is 1. The largest absolute Gasteiger partial charge is 0.343 e. The van der Waals surface area contributed by atoms with Gasteiger partial charge in [-0.2, -0.15) is 5.10 Å². The van der Waals surface area contributed by atoms with E-state index in [-0.39, 0.29) is 17.9 Å². The average molecular weight is 352 g/mol. The van der Waals surface area contributed by atoms with Crippen molar-refractivity contribution in [2.75, 3.05) is 19.4 Å². The van der Waals surface area contributed by atoms with Gasteiger partial charge in [0.25, 0.3) is 11.8 Å². The van der Waals surface area contributed by atoms with E-state index in [0.29, 0.717) is 16.9 Å². The molecule has 0 aliphatic heterocycles. The van der Waals surface area contributed by atoms with Gasteiger partial charge >= 0.3 is 0 Å². The molecule has 0 aliphatic rings. The summed E-state index contributed by atoms with van der Waals surface area (Å²) in [6.45, 7) is 4.04. The van der Waals surface area contributed by atoms with Crippen LogP contribution in [0.1, 0.15) is 40.7 Å². The first kappa shape index (κ1) is 17.5. The van der Waals surface area contributed by atoms with E-state index in [4.69, 9.17) is 0 Å². The minimum atomic E-state index is -0.301. The van der Waals surface area contributed by atoms with Gasteiger partial charge < -0.3 is 10.2 Å². The van der Waals surface area contributed by atoms with Crippen LogP contribution >= 0.6 is 0 Å². The summed E-state index contributed by atoms with van der Waals surface area (Å²) in [5.41, 5.74) is 1.99. The Hall–Kier alpha value is -3.29. The number of hydrogen-bond acceptors (Lipinski definition) is 5. The monoisotopic (exact) mass is 352 g/mol. The predicted octanol–water partition coefficient (Wildman–Crippen LogP) is 2.36. The first-order valence-corrected chi connectivity index (χ1v) is 8.19. The van der Waals surface area contributed by atoms with E-state index < -0.39 is 0 Å². The van der Waals surface area contributed by atoms with E-state index in [0.717, 1.165) is 11.0 Å². The lowest BCUT2D eigenvalue weighted by Crippen LogP contribution is -2.22. The number of hydrogen-bond donors (Lipinski definition) is 1. The third kappa shape index (κ3) is 3.39. The van der Waals surface area contributed by atoms with E-state index in [1.807, 2.05) is 13.8 Å². The Morgan fingerprint density at radius 1 is 1.12 bits per heavy atom. The van der Waals surface area contributed by atoms with Crippen LogP contribution < -0.4 is 5.32 Å². The molecule has 3 aromatic rings. The fourth-order valence-corrected chi connectivity index (χ4v) is 2.47. The highest BCUT2D eigenvalue weighted by Gasteiger charge is 2.13. The second-order valence-corrected chi connectivity index (χ2v) is 6.41. The van der Waals surface area contributed by atoms with Crippen molar-refractivity contribution in [3.8, 4) is 0 Å². The van der Waals surface area contributed by atoms with Crippen LogP contribution in [0.15, 0.2) is 36.8 Å². The molecule has 3 rings (SSSR count). The topological polar surface area (TPSA) is 93.0 Å². The second kappa shape index (κ2) is 6.91. The van der Waals surface area contributed by atoms with Crippen molar-refractivity contribution in [3.63, 3.8) is 0 Å². The molecule has 0 saturated heterocycles. The molecule has 1 N–H and O–H groups in total. The zero-order chi connectivity index (χ0) is 18.8. The molecule has 3 aromatic heterocycles. The maximum Gasteiger partial charge on any atom is 0.271 e. The third-order valence-electron chi connectivity index (χ3n) is 3.83. The van der Waals surface area contributed by atoms with Crippen LogP contribution in [0.4, 0.5) is 5.69 Å². The molecular formula is C18H20N6O2. The average Bonchev–Trinajstić information content (AvgIpc) is 3.05. The second-order valence-electron chi connectivity index (χ2n) is 6.41. The zero-order valence-electron chi connectivity index (χ0n) is 15.1. The summed E-state index contributed by atoms with van der Waals surface area (Å²) in [4.78, 5) is 34.2. The first-order chi connectivity index (χ1) is 12.4. The summed E-state index contributed by atoms with van der Waals surface area (Å²) < 4.78 is 1.81. The van der Waals surface area contributed by atoms with Gasteiger partial charge in [-0.15, -0.1) is 0 Å². The summed E-state index contributed by atoms with van der Waals surface area (Å²) in [7, 11) is 3.31. The Bertz CT molecular complexity index is 959. The number of amides is 2. The lowest BCUT2D eigenvalue weighted by atomic mass is 10.2. The molecule has 26 heavy (non-hydrogen) atoms. The van der Waals surface area contributed by atoms with Crippen LogP contribution in [0.25, 0.3) is 11.0 Å². The Morgan fingerprint density at radius 3 is 2.50 bits per heavy atom. The highest BCUT2D eigenvalue weighted by Crippen LogP contribution is 2.17. The van der Waals surface area contributed by atoms with E-state index in [1.54, 1.807) is 43.2 Å². The summed E-state index contributed by atoms with van der Waals surface area (Å²) >= 11 is 0. The normalized spacial score (nSPS) is 11.0. The number of rotatable bonds is 4. The SMILES string of the molecule is CC(C)n1ncc2cc(C(=O)Nc3ccc(C(=O)N(C)C)nc3)cnc21. The smallest absolute Gasteiger partial charge is 0.271 e. The van der Waals surface area contributed by atoms with Crippen LogP contribution in [0.3, 0.4) is 0 Å². The molecule has 0 aliphatic carbocycles. The van der Waals surface area contributed by atoms with Crippen molar-refractivity contribution in [1.82, 2.24) is 24.6 Å². The van der Waals surface area contributed by atoms with Gasteiger partial charge in [0.15, 0.2) is 5.65 Å². The molecule has 8 heteroatoms. The molecule has 0 bridgehead atoms. The summed E-state index contributed by atoms with van der Waals surface area (Å²) in [6, 6.07) is 5.16. The molecular weight excluding hydrogens is 332 g/mol. The van der Waals surface area contributed by atoms with Crippen molar-refractivity contribution >= 4 is 28.5 Å². The van der Waals surface area contributed by atoms with Crippen molar-refractivity contribution in [2.24, 2.45) is 0 Å². The van der Waals surface area contributed by atoms with Gasteiger partial charge in [-0.3, -0.25) is 9.59 Å². The van der Waals surface area contributed by atoms with E-state index in [1.165, 1.54) is 17.3 Å². The molecule has 0 radical (unpaired) electrons. The van der Waals surface area contributed by atoms with Gasteiger partial charge in [-0.25, -0.2) is 14.6 Å². The van der Waals surface area contributed by atoms with Crippen LogP contribution in [-0.2, 0) is 0 Å². The van der Waals surface area contributed by atoms with Gasteiger partial charge in [0, 0.05) is 31.7 Å². The molecule has 8 nitrogen and oxygen atoms in total. The Kier molecular flexibility index (Phi) is 4.66. The fraction of sp³-hybridized carbons (Fsp3) is 0.278. The molecule has 0 spiro atoms. The van der Waals surface area contributed by atoms with E-state index >= 15 is 0 Å². The molecule has 0 aromatic carbocycles. The van der Waals surface area contributed by atoms with Gasteiger partial charge in [-0.1, -0.05) is 0 Å². The standard InChI is InChI=1S/C18H20N6O2/c1-11(2)24-16-12(9-21-24)7-13(8-20-16)17(25)22-14-5-6-15(19-10-14)18(26)23(3)4/h5-11H,1-4H3,(H,22,25). The number of aromatic nitrogens is 4. The fourth-order valence-electron chi connectivity index (χ4n) is 2.47. The summed E-state index contributed by atoms with van der Waals surface area (Å²) in [5, 5.41) is 7.85. The van der Waals surface area contributed by atoms with Crippen LogP contribution in [-0.4, -0.2) is 50.6 Å². The lowest BCUT2D eigenvalue weighted by Gasteiger charge is -2.10. The molecule has 0 atom stereocenters. The van der Waals surface area contributed by atoms with Gasteiger partial charge in [0.2, 0.25) is 0 Å². The van der Waals surface area contributed by atoms with Crippen LogP contribution in [0.5, 0.6) is 0 Å². The number of nitrogens with one attached hydrogen (secondary N) is 1. The van der Waals surface area contributed by atoms with E-state index in [2.05, 4.69) is 20.4 Å². The first-order valence-electron chi connectivity index (χ1n) is 8.19. The summed E-state index contributed by atoms with van der Waals surface area (Å²) in [5.74, 6) is -0.495. The predicted molar refractivity (Wildman–Crippen MR) is 98.1 cm³/mol. The number of carbonyl (C=O) groups excluding carboxylic acids is 2. The maximum atomic E-state index is 12.4. The summed E-state index contributed by atoms with van der Waals surface area (Å²) in [6.07, 6.45) is 4.68. The highest BCUT2D eigenvalue weighted by molar-refractivity contribution is 6.05. The quantitative estimate of drug-likeness (QED) is 0.778. The van der Waals surface area contributed by atoms with Crippen molar-refractivity contribution in [2.45, 2.75) is 19.9 Å². The van der Waals surface area contributed by atoms with Crippen molar-refractivity contribution < 1.29 is 9.59 Å². The highest BCUT2D eigenvalue weighted by atomic mass is 16.2. The zero-order valence-corrected chi connectivity index (χ0v) is 15.1. The molecule has 3 heterocycles. The molecule has 0 saturated carbocycles. The van der Waals surface area contributed by atoms with Crippen molar-refractivity contribution in [3.05, 3.63) is 48.0 Å². The number of nitrogens with zero attached hydrogens (tertiary/aromatic N) is 5. The Morgan fingerprint density at radius 2 is 1.88 bits per heavy atom. The number of pyridine rings is 2. The van der Waals surface area contributed by atoms with Crippen LogP contribution in [0, 0.1) is 0 Å². The molecule has 2 amide bonds. The molecule has 0 unspecified atom stereocenters.